The maximum atomic E-state index is 12.8. The van der Waals surface area contributed by atoms with Gasteiger partial charge < -0.3 is 10.2 Å². The summed E-state index contributed by atoms with van der Waals surface area (Å²) in [5.41, 5.74) is 1.96. The monoisotopic (exact) mass is 280 g/mol. The highest BCUT2D eigenvalue weighted by Crippen LogP contribution is 2.24. The van der Waals surface area contributed by atoms with E-state index >= 15 is 0 Å². The van der Waals surface area contributed by atoms with E-state index in [1.807, 2.05) is 53.4 Å². The van der Waals surface area contributed by atoms with Crippen LogP contribution < -0.4 is 5.32 Å². The molecule has 2 aromatic rings. The van der Waals surface area contributed by atoms with Crippen molar-refractivity contribution in [1.82, 2.24) is 10.2 Å². The molecular formula is C18H20N2O. The zero-order valence-corrected chi connectivity index (χ0v) is 12.0. The van der Waals surface area contributed by atoms with Crippen LogP contribution in [0.25, 0.3) is 0 Å². The number of nitrogens with one attached hydrogen (secondary N) is 1. The van der Waals surface area contributed by atoms with Gasteiger partial charge in [0, 0.05) is 18.7 Å². The molecule has 1 aliphatic heterocycles. The first kappa shape index (κ1) is 13.8. The molecule has 2 aromatic carbocycles. The minimum Gasteiger partial charge on any atom is -0.330 e. The van der Waals surface area contributed by atoms with Crippen molar-refractivity contribution in [2.24, 2.45) is 0 Å². The molecule has 3 heteroatoms. The topological polar surface area (TPSA) is 32.3 Å². The second-order valence-corrected chi connectivity index (χ2v) is 5.35. The lowest BCUT2D eigenvalue weighted by Gasteiger charge is -2.30. The number of hydrogen-bond acceptors (Lipinski definition) is 2. The van der Waals surface area contributed by atoms with Gasteiger partial charge in [0.15, 0.2) is 0 Å². The van der Waals surface area contributed by atoms with E-state index in [0.717, 1.165) is 31.6 Å². The van der Waals surface area contributed by atoms with Gasteiger partial charge in [0.25, 0.3) is 5.91 Å². The maximum absolute atomic E-state index is 12.8. The lowest BCUT2D eigenvalue weighted by Crippen LogP contribution is -2.37. The van der Waals surface area contributed by atoms with E-state index in [-0.39, 0.29) is 11.9 Å². The quantitative estimate of drug-likeness (QED) is 0.917. The van der Waals surface area contributed by atoms with Gasteiger partial charge in [-0.25, -0.2) is 0 Å². The van der Waals surface area contributed by atoms with Crippen LogP contribution in [-0.2, 0) is 0 Å². The first-order valence-electron chi connectivity index (χ1n) is 7.48. The van der Waals surface area contributed by atoms with E-state index in [1.165, 1.54) is 5.56 Å². The van der Waals surface area contributed by atoms with E-state index in [9.17, 15) is 4.79 Å². The molecule has 3 rings (SSSR count). The molecule has 0 saturated carbocycles. The Morgan fingerprint density at radius 1 is 1.00 bits per heavy atom. The summed E-state index contributed by atoms with van der Waals surface area (Å²) in [4.78, 5) is 14.8. The van der Waals surface area contributed by atoms with E-state index in [1.54, 1.807) is 0 Å². The SMILES string of the molecule is O=C(c1ccccc1)N1CCCNCC1c1ccccc1. The van der Waals surface area contributed by atoms with Gasteiger partial charge in [-0.3, -0.25) is 4.79 Å². The molecule has 1 unspecified atom stereocenters. The van der Waals surface area contributed by atoms with Gasteiger partial charge in [-0.15, -0.1) is 0 Å². The Balaban J connectivity index is 1.91. The smallest absolute Gasteiger partial charge is 0.254 e. The average Bonchev–Trinajstić information content (AvgIpc) is 2.81. The van der Waals surface area contributed by atoms with Crippen molar-refractivity contribution in [2.75, 3.05) is 19.6 Å². The highest BCUT2D eigenvalue weighted by molar-refractivity contribution is 5.94. The molecule has 1 aliphatic rings. The lowest BCUT2D eigenvalue weighted by atomic mass is 10.0. The van der Waals surface area contributed by atoms with Crippen molar-refractivity contribution in [2.45, 2.75) is 12.5 Å². The third-order valence-electron chi connectivity index (χ3n) is 3.93. The highest BCUT2D eigenvalue weighted by Gasteiger charge is 2.27. The van der Waals surface area contributed by atoms with Crippen molar-refractivity contribution in [3.63, 3.8) is 0 Å². The first-order chi connectivity index (χ1) is 10.4. The molecule has 1 fully saturated rings. The molecule has 3 nitrogen and oxygen atoms in total. The summed E-state index contributed by atoms with van der Waals surface area (Å²) < 4.78 is 0. The minimum atomic E-state index is 0.0985. The molecule has 0 aliphatic carbocycles. The van der Waals surface area contributed by atoms with Gasteiger partial charge in [0.2, 0.25) is 0 Å². The number of amides is 1. The number of rotatable bonds is 2. The second kappa shape index (κ2) is 6.55. The van der Waals surface area contributed by atoms with Crippen LogP contribution in [0.4, 0.5) is 0 Å². The van der Waals surface area contributed by atoms with Crippen LogP contribution in [0.2, 0.25) is 0 Å². The number of carbonyl (C=O) groups excluding carboxylic acids is 1. The number of nitrogens with zero attached hydrogens (tertiary/aromatic N) is 1. The highest BCUT2D eigenvalue weighted by atomic mass is 16.2. The molecule has 1 N–H and O–H groups in total. The van der Waals surface area contributed by atoms with Crippen molar-refractivity contribution in [3.8, 4) is 0 Å². The van der Waals surface area contributed by atoms with Crippen molar-refractivity contribution in [3.05, 3.63) is 71.8 Å². The summed E-state index contributed by atoms with van der Waals surface area (Å²) in [6.07, 6.45) is 0.988. The summed E-state index contributed by atoms with van der Waals surface area (Å²) in [7, 11) is 0. The fraction of sp³-hybridized carbons (Fsp3) is 0.278. The van der Waals surface area contributed by atoms with Crippen molar-refractivity contribution < 1.29 is 4.79 Å². The van der Waals surface area contributed by atoms with Crippen LogP contribution in [0.3, 0.4) is 0 Å². The Morgan fingerprint density at radius 2 is 1.67 bits per heavy atom. The Bertz CT molecular complexity index is 583. The van der Waals surface area contributed by atoms with Crippen LogP contribution in [0.15, 0.2) is 60.7 Å². The molecule has 21 heavy (non-hydrogen) atoms. The van der Waals surface area contributed by atoms with E-state index in [0.29, 0.717) is 0 Å². The summed E-state index contributed by atoms with van der Waals surface area (Å²) in [5.74, 6) is 0.119. The Kier molecular flexibility index (Phi) is 4.31. The van der Waals surface area contributed by atoms with Gasteiger partial charge in [0.05, 0.1) is 6.04 Å². The predicted octanol–water partition coefficient (Wildman–Crippen LogP) is 2.86. The third-order valence-corrected chi connectivity index (χ3v) is 3.93. The number of benzene rings is 2. The van der Waals surface area contributed by atoms with Crippen molar-refractivity contribution in [1.29, 1.82) is 0 Å². The van der Waals surface area contributed by atoms with E-state index in [2.05, 4.69) is 17.4 Å². The zero-order chi connectivity index (χ0) is 14.5. The lowest BCUT2D eigenvalue weighted by molar-refractivity contribution is 0.0691. The Labute approximate surface area is 125 Å². The van der Waals surface area contributed by atoms with Crippen LogP contribution in [-0.4, -0.2) is 30.4 Å². The summed E-state index contributed by atoms with van der Waals surface area (Å²) >= 11 is 0. The molecule has 0 spiro atoms. The van der Waals surface area contributed by atoms with Gasteiger partial charge in [-0.2, -0.15) is 0 Å². The van der Waals surface area contributed by atoms with Crippen LogP contribution in [0.5, 0.6) is 0 Å². The fourth-order valence-electron chi connectivity index (χ4n) is 2.84. The van der Waals surface area contributed by atoms with Gasteiger partial charge in [-0.05, 0) is 30.7 Å². The maximum Gasteiger partial charge on any atom is 0.254 e. The van der Waals surface area contributed by atoms with E-state index < -0.39 is 0 Å². The zero-order valence-electron chi connectivity index (χ0n) is 12.0. The molecule has 1 saturated heterocycles. The van der Waals surface area contributed by atoms with E-state index in [4.69, 9.17) is 0 Å². The molecule has 1 amide bonds. The fourth-order valence-corrected chi connectivity index (χ4v) is 2.84. The molecule has 1 atom stereocenters. The Morgan fingerprint density at radius 3 is 2.38 bits per heavy atom. The largest absolute Gasteiger partial charge is 0.330 e. The Hall–Kier alpha value is -2.13. The van der Waals surface area contributed by atoms with Crippen LogP contribution in [0.1, 0.15) is 28.4 Å². The van der Waals surface area contributed by atoms with Crippen LogP contribution in [0, 0.1) is 0 Å². The number of carbonyl (C=O) groups is 1. The normalized spacial score (nSPS) is 19.0. The molecule has 1 heterocycles. The predicted molar refractivity (Wildman–Crippen MR) is 84.1 cm³/mol. The second-order valence-electron chi connectivity index (χ2n) is 5.35. The van der Waals surface area contributed by atoms with Gasteiger partial charge >= 0.3 is 0 Å². The molecule has 0 radical (unpaired) electrons. The van der Waals surface area contributed by atoms with Gasteiger partial charge in [-0.1, -0.05) is 48.5 Å². The molecule has 108 valence electrons. The summed E-state index contributed by atoms with van der Waals surface area (Å²) in [6.45, 7) is 2.56. The molecule has 0 aromatic heterocycles. The summed E-state index contributed by atoms with van der Waals surface area (Å²) in [5, 5.41) is 3.44. The average molecular weight is 280 g/mol. The summed E-state index contributed by atoms with van der Waals surface area (Å²) in [6, 6.07) is 19.9. The number of hydrogen-bond donors (Lipinski definition) is 1. The minimum absolute atomic E-state index is 0.0985. The first-order valence-corrected chi connectivity index (χ1v) is 7.48. The standard InChI is InChI=1S/C18H20N2O/c21-18(16-10-5-2-6-11-16)20-13-7-12-19-14-17(20)15-8-3-1-4-9-15/h1-6,8-11,17,19H,7,12-14H2. The molecular weight excluding hydrogens is 260 g/mol. The van der Waals surface area contributed by atoms with Gasteiger partial charge in [0.1, 0.15) is 0 Å². The van der Waals surface area contributed by atoms with Crippen molar-refractivity contribution >= 4 is 5.91 Å². The third kappa shape index (κ3) is 3.14. The molecule has 0 bridgehead atoms. The van der Waals surface area contributed by atoms with Crippen LogP contribution >= 0.6 is 0 Å².